The predicted octanol–water partition coefficient (Wildman–Crippen LogP) is 8.40. The molecule has 0 spiro atoms. The Morgan fingerprint density at radius 3 is 2.47 bits per heavy atom. The Labute approximate surface area is 185 Å². The third kappa shape index (κ3) is 5.17. The molecular weight excluding hydrogens is 388 g/mol. The van der Waals surface area contributed by atoms with Crippen LogP contribution >= 0.6 is 11.3 Å². The molecule has 3 heteroatoms. The van der Waals surface area contributed by atoms with Gasteiger partial charge in [-0.1, -0.05) is 45.6 Å². The minimum Gasteiger partial charge on any atom is -0.426 e. The predicted molar refractivity (Wildman–Crippen MR) is 128 cm³/mol. The van der Waals surface area contributed by atoms with E-state index in [0.717, 1.165) is 24.7 Å². The maximum atomic E-state index is 12.7. The summed E-state index contributed by atoms with van der Waals surface area (Å²) in [4.78, 5) is 14.1. The molecule has 0 bridgehead atoms. The first-order valence-corrected chi connectivity index (χ1v) is 12.9. The van der Waals surface area contributed by atoms with Gasteiger partial charge in [-0.25, -0.2) is 0 Å². The molecule has 1 saturated carbocycles. The number of carbonyl (C=O) groups excluding carboxylic acids is 1. The Morgan fingerprint density at radius 2 is 1.77 bits per heavy atom. The van der Waals surface area contributed by atoms with Gasteiger partial charge < -0.3 is 4.74 Å². The number of hydrogen-bond donors (Lipinski definition) is 0. The standard InChI is InChI=1S/C27H36O2S/c1-3-5-19-7-11-21(12-8-19)25-17-23-15-16-24(18-26(23)30-25)29-27(28)22-13-9-20(6-4-2)10-14-22/h11,15-20,22H,3-10,12-14H2,1-2H3. The summed E-state index contributed by atoms with van der Waals surface area (Å²) < 4.78 is 7.03. The number of benzene rings is 1. The van der Waals surface area contributed by atoms with E-state index in [0.29, 0.717) is 5.75 Å². The molecule has 30 heavy (non-hydrogen) atoms. The minimum absolute atomic E-state index is 0.0296. The van der Waals surface area contributed by atoms with Gasteiger partial charge in [0.25, 0.3) is 0 Å². The number of ether oxygens (including phenoxy) is 1. The van der Waals surface area contributed by atoms with Gasteiger partial charge in [-0.15, -0.1) is 11.3 Å². The first-order chi connectivity index (χ1) is 14.7. The molecule has 0 radical (unpaired) electrons. The molecule has 0 aliphatic heterocycles. The molecule has 0 saturated heterocycles. The fraction of sp³-hybridized carbons (Fsp3) is 0.593. The Balaban J connectivity index is 1.39. The number of esters is 1. The topological polar surface area (TPSA) is 26.3 Å². The van der Waals surface area contributed by atoms with E-state index in [2.05, 4.69) is 38.1 Å². The van der Waals surface area contributed by atoms with Gasteiger partial charge >= 0.3 is 5.97 Å². The van der Waals surface area contributed by atoms with E-state index >= 15 is 0 Å². The van der Waals surface area contributed by atoms with Crippen LogP contribution in [0.5, 0.6) is 5.75 Å². The second kappa shape index (κ2) is 10.1. The van der Waals surface area contributed by atoms with Crippen molar-refractivity contribution in [2.24, 2.45) is 17.8 Å². The normalized spacial score (nSPS) is 24.6. The van der Waals surface area contributed by atoms with Crippen LogP contribution in [0.2, 0.25) is 0 Å². The van der Waals surface area contributed by atoms with E-state index in [9.17, 15) is 4.79 Å². The molecule has 162 valence electrons. The molecule has 1 atom stereocenters. The molecule has 1 fully saturated rings. The van der Waals surface area contributed by atoms with E-state index < -0.39 is 0 Å². The highest BCUT2D eigenvalue weighted by Gasteiger charge is 2.27. The molecule has 1 heterocycles. The summed E-state index contributed by atoms with van der Waals surface area (Å²) in [5.41, 5.74) is 1.51. The van der Waals surface area contributed by atoms with Crippen molar-refractivity contribution in [2.45, 2.75) is 84.5 Å². The van der Waals surface area contributed by atoms with Gasteiger partial charge in [-0.3, -0.25) is 4.79 Å². The van der Waals surface area contributed by atoms with Crippen molar-refractivity contribution >= 4 is 33.0 Å². The van der Waals surface area contributed by atoms with Crippen LogP contribution in [-0.2, 0) is 4.79 Å². The third-order valence-electron chi connectivity index (χ3n) is 7.12. The van der Waals surface area contributed by atoms with Crippen LogP contribution in [0.25, 0.3) is 15.7 Å². The fourth-order valence-corrected chi connectivity index (χ4v) is 6.47. The van der Waals surface area contributed by atoms with Crippen LogP contribution in [0.3, 0.4) is 0 Å². The first kappa shape index (κ1) is 21.6. The SMILES string of the molecule is CCCC1CC=C(c2cc3ccc(OC(=O)C4CCC(CCC)CC4)cc3s2)CC1. The summed E-state index contributed by atoms with van der Waals surface area (Å²) in [6.45, 7) is 4.54. The summed E-state index contributed by atoms with van der Waals surface area (Å²) >= 11 is 1.84. The molecule has 2 nitrogen and oxygen atoms in total. The molecule has 2 aromatic rings. The van der Waals surface area contributed by atoms with Crippen LogP contribution in [0.15, 0.2) is 30.3 Å². The van der Waals surface area contributed by atoms with E-state index in [-0.39, 0.29) is 11.9 Å². The lowest BCUT2D eigenvalue weighted by Gasteiger charge is -2.26. The Kier molecular flexibility index (Phi) is 7.30. The highest BCUT2D eigenvalue weighted by atomic mass is 32.1. The van der Waals surface area contributed by atoms with Gasteiger partial charge in [0.2, 0.25) is 0 Å². The molecule has 1 aromatic carbocycles. The summed E-state index contributed by atoms with van der Waals surface area (Å²) in [5.74, 6) is 2.44. The molecule has 0 amide bonds. The molecule has 0 N–H and O–H groups in total. The van der Waals surface area contributed by atoms with Crippen molar-refractivity contribution in [3.8, 4) is 5.75 Å². The van der Waals surface area contributed by atoms with Crippen molar-refractivity contribution in [3.05, 3.63) is 35.2 Å². The van der Waals surface area contributed by atoms with Gasteiger partial charge in [0.15, 0.2) is 0 Å². The van der Waals surface area contributed by atoms with Crippen LogP contribution < -0.4 is 4.74 Å². The molecule has 2 aliphatic rings. The first-order valence-electron chi connectivity index (χ1n) is 12.1. The number of hydrogen-bond acceptors (Lipinski definition) is 3. The lowest BCUT2D eigenvalue weighted by Crippen LogP contribution is -2.25. The second-order valence-electron chi connectivity index (χ2n) is 9.40. The Hall–Kier alpha value is -1.61. The zero-order chi connectivity index (χ0) is 20.9. The van der Waals surface area contributed by atoms with Gasteiger partial charge in [-0.05, 0) is 92.0 Å². The Bertz CT molecular complexity index is 885. The van der Waals surface area contributed by atoms with Crippen molar-refractivity contribution < 1.29 is 9.53 Å². The summed E-state index contributed by atoms with van der Waals surface area (Å²) in [6, 6.07) is 8.45. The smallest absolute Gasteiger partial charge is 0.314 e. The van der Waals surface area contributed by atoms with E-state index in [1.54, 1.807) is 0 Å². The molecule has 2 aliphatic carbocycles. The van der Waals surface area contributed by atoms with Crippen molar-refractivity contribution in [1.82, 2.24) is 0 Å². The number of rotatable bonds is 7. The summed E-state index contributed by atoms with van der Waals surface area (Å²) in [5, 5.41) is 1.26. The van der Waals surface area contributed by atoms with Gasteiger partial charge in [0, 0.05) is 9.58 Å². The highest BCUT2D eigenvalue weighted by Crippen LogP contribution is 2.39. The van der Waals surface area contributed by atoms with Gasteiger partial charge in [-0.2, -0.15) is 0 Å². The maximum Gasteiger partial charge on any atom is 0.314 e. The van der Waals surface area contributed by atoms with Gasteiger partial charge in [0.05, 0.1) is 5.92 Å². The molecule has 1 unspecified atom stereocenters. The minimum atomic E-state index is -0.0296. The average Bonchev–Trinajstić information content (AvgIpc) is 3.19. The monoisotopic (exact) mass is 424 g/mol. The van der Waals surface area contributed by atoms with Crippen LogP contribution in [0.4, 0.5) is 0 Å². The van der Waals surface area contributed by atoms with Crippen molar-refractivity contribution in [1.29, 1.82) is 0 Å². The highest BCUT2D eigenvalue weighted by molar-refractivity contribution is 7.20. The number of carbonyl (C=O) groups is 1. The van der Waals surface area contributed by atoms with E-state index in [1.807, 2.05) is 17.4 Å². The largest absolute Gasteiger partial charge is 0.426 e. The molecule has 4 rings (SSSR count). The van der Waals surface area contributed by atoms with Crippen molar-refractivity contribution in [2.75, 3.05) is 0 Å². The van der Waals surface area contributed by atoms with Crippen LogP contribution in [0, 0.1) is 17.8 Å². The van der Waals surface area contributed by atoms with Gasteiger partial charge in [0.1, 0.15) is 5.75 Å². The number of allylic oxidation sites excluding steroid dienone is 2. The second-order valence-corrected chi connectivity index (χ2v) is 10.5. The lowest BCUT2D eigenvalue weighted by molar-refractivity contribution is -0.140. The zero-order valence-corrected chi connectivity index (χ0v) is 19.4. The quantitative estimate of drug-likeness (QED) is 0.329. The zero-order valence-electron chi connectivity index (χ0n) is 18.6. The third-order valence-corrected chi connectivity index (χ3v) is 8.29. The lowest BCUT2D eigenvalue weighted by atomic mass is 9.80. The summed E-state index contributed by atoms with van der Waals surface area (Å²) in [6.07, 6.45) is 15.7. The summed E-state index contributed by atoms with van der Waals surface area (Å²) in [7, 11) is 0. The Morgan fingerprint density at radius 1 is 1.00 bits per heavy atom. The fourth-order valence-electron chi connectivity index (χ4n) is 5.31. The molecular formula is C27H36O2S. The maximum absolute atomic E-state index is 12.7. The van der Waals surface area contributed by atoms with Crippen molar-refractivity contribution in [3.63, 3.8) is 0 Å². The number of thiophene rings is 1. The molecule has 1 aromatic heterocycles. The average molecular weight is 425 g/mol. The van der Waals surface area contributed by atoms with E-state index in [4.69, 9.17) is 4.74 Å². The van der Waals surface area contributed by atoms with Crippen LogP contribution in [0.1, 0.15) is 89.4 Å². The van der Waals surface area contributed by atoms with E-state index in [1.165, 1.54) is 78.3 Å². The number of fused-ring (bicyclic) bond motifs is 1. The van der Waals surface area contributed by atoms with Crippen LogP contribution in [-0.4, -0.2) is 5.97 Å².